The van der Waals surface area contributed by atoms with Crippen LogP contribution in [0, 0.1) is 0 Å². The molecule has 0 aliphatic heterocycles. The molecule has 2 unspecified atom stereocenters. The number of unbranched alkanes of at least 4 members (excludes halogenated alkanes) is 40. The van der Waals surface area contributed by atoms with Crippen molar-refractivity contribution >= 4 is 39.5 Å². The van der Waals surface area contributed by atoms with Gasteiger partial charge in [-0.15, -0.1) is 0 Å². The molecule has 0 bridgehead atoms. The fourth-order valence-electron chi connectivity index (χ4n) is 10.5. The molecule has 0 fully saturated rings. The molecule has 17 nitrogen and oxygen atoms in total. The van der Waals surface area contributed by atoms with Crippen molar-refractivity contribution < 1.29 is 80.2 Å². The number of aliphatic hydroxyl groups is 1. The molecule has 0 saturated carbocycles. The van der Waals surface area contributed by atoms with Crippen LogP contribution in [0.25, 0.3) is 0 Å². The SMILES string of the molecule is CCCCCC/C=C\C=C/CCCCCCCC(=O)OC[C@H](COP(=O)(O)OC[C@@H](O)COP(=O)(O)OC[C@@H](COC(=O)CCCCCCCCC)OC(=O)CCCCCCC/C=C\C=C/CCCCCC)OC(=O)CCCCCCCCCCCCCCCCCCC. The molecule has 0 aliphatic rings. The van der Waals surface area contributed by atoms with Gasteiger partial charge in [0.1, 0.15) is 19.3 Å². The zero-order valence-corrected chi connectivity index (χ0v) is 61.7. The topological polar surface area (TPSA) is 237 Å². The minimum atomic E-state index is -4.97. The number of aliphatic hydroxyl groups excluding tert-OH is 1. The molecule has 0 spiro atoms. The summed E-state index contributed by atoms with van der Waals surface area (Å²) in [5.41, 5.74) is 0. The first-order valence-corrected chi connectivity index (χ1v) is 40.9. The lowest BCUT2D eigenvalue weighted by Gasteiger charge is -2.21. The van der Waals surface area contributed by atoms with E-state index in [-0.39, 0.29) is 25.7 Å². The van der Waals surface area contributed by atoms with E-state index in [9.17, 15) is 43.2 Å². The van der Waals surface area contributed by atoms with Crippen LogP contribution in [0.3, 0.4) is 0 Å². The summed E-state index contributed by atoms with van der Waals surface area (Å²) in [6.07, 6.45) is 64.1. The van der Waals surface area contributed by atoms with Crippen molar-refractivity contribution in [2.75, 3.05) is 39.6 Å². The van der Waals surface area contributed by atoms with Gasteiger partial charge < -0.3 is 33.8 Å². The molecule has 19 heteroatoms. The first-order valence-electron chi connectivity index (χ1n) is 37.9. The first-order chi connectivity index (χ1) is 45.7. The van der Waals surface area contributed by atoms with E-state index in [2.05, 4.69) is 76.3 Å². The van der Waals surface area contributed by atoms with Gasteiger partial charge in [0.25, 0.3) is 0 Å². The Kier molecular flexibility index (Phi) is 66.4. The third-order valence-electron chi connectivity index (χ3n) is 16.4. The molecule has 0 radical (unpaired) electrons. The number of hydrogen-bond acceptors (Lipinski definition) is 15. The number of esters is 4. The van der Waals surface area contributed by atoms with Crippen LogP contribution in [0.2, 0.25) is 0 Å². The van der Waals surface area contributed by atoms with E-state index in [0.717, 1.165) is 135 Å². The van der Waals surface area contributed by atoms with E-state index >= 15 is 0 Å². The number of phosphoric ester groups is 2. The van der Waals surface area contributed by atoms with Gasteiger partial charge in [-0.05, 0) is 77.0 Å². The van der Waals surface area contributed by atoms with Gasteiger partial charge in [0.2, 0.25) is 0 Å². The minimum absolute atomic E-state index is 0.0827. The van der Waals surface area contributed by atoms with E-state index in [0.29, 0.717) is 25.7 Å². The van der Waals surface area contributed by atoms with Gasteiger partial charge in [-0.25, -0.2) is 9.13 Å². The molecule has 0 amide bonds. The van der Waals surface area contributed by atoms with Crippen LogP contribution in [0.1, 0.15) is 349 Å². The Morgan fingerprint density at radius 3 is 0.777 bits per heavy atom. The number of allylic oxidation sites excluding steroid dienone is 8. The fraction of sp³-hybridized carbons (Fsp3) is 0.840. The summed E-state index contributed by atoms with van der Waals surface area (Å²) in [6, 6.07) is 0. The summed E-state index contributed by atoms with van der Waals surface area (Å²) >= 11 is 0. The van der Waals surface area contributed by atoms with Gasteiger partial charge in [-0.3, -0.25) is 37.3 Å². The van der Waals surface area contributed by atoms with Crippen molar-refractivity contribution in [3.63, 3.8) is 0 Å². The van der Waals surface area contributed by atoms with E-state index in [1.807, 2.05) is 0 Å². The monoisotopic (exact) mass is 1370 g/mol. The van der Waals surface area contributed by atoms with E-state index in [4.69, 9.17) is 37.0 Å². The Bertz CT molecular complexity index is 1980. The van der Waals surface area contributed by atoms with E-state index in [1.54, 1.807) is 0 Å². The van der Waals surface area contributed by atoms with Crippen molar-refractivity contribution in [3.8, 4) is 0 Å². The van der Waals surface area contributed by atoms with Crippen LogP contribution in [-0.4, -0.2) is 96.7 Å². The van der Waals surface area contributed by atoms with Gasteiger partial charge in [-0.2, -0.15) is 0 Å². The van der Waals surface area contributed by atoms with Crippen molar-refractivity contribution in [1.82, 2.24) is 0 Å². The molecule has 0 aliphatic carbocycles. The second kappa shape index (κ2) is 68.5. The van der Waals surface area contributed by atoms with Crippen LogP contribution in [-0.2, 0) is 65.4 Å². The summed E-state index contributed by atoms with van der Waals surface area (Å²) in [5, 5.41) is 10.6. The standard InChI is InChI=1S/C75H138O17P2/c1-5-9-13-17-21-24-27-30-33-34-37-40-43-46-50-54-58-62-75(80)92-71(66-86-73(78)60-56-52-48-44-41-38-35-31-28-25-22-18-14-10-6-2)68-90-94(83,84)88-64-69(76)63-87-93(81,82)89-67-70(65-85-72(77)59-55-51-47-20-16-12-8-4)91-74(79)61-57-53-49-45-42-39-36-32-29-26-23-19-15-11-7-3/h25-26,28-29,31-32,35-36,69-71,76H,5-24,27,30,33-34,37-68H2,1-4H3,(H,81,82)(H,83,84)/b28-25-,29-26-,35-31-,36-32-/t69-,70+,71+/m0/s1. The highest BCUT2D eigenvalue weighted by Crippen LogP contribution is 2.45. The Labute approximate surface area is 572 Å². The highest BCUT2D eigenvalue weighted by Gasteiger charge is 2.30. The van der Waals surface area contributed by atoms with E-state index < -0.39 is 97.5 Å². The summed E-state index contributed by atoms with van der Waals surface area (Å²) in [7, 11) is -9.93. The second-order valence-corrected chi connectivity index (χ2v) is 28.6. The second-order valence-electron chi connectivity index (χ2n) is 25.7. The van der Waals surface area contributed by atoms with Gasteiger partial charge >= 0.3 is 39.5 Å². The molecule has 0 rings (SSSR count). The molecule has 0 aromatic carbocycles. The largest absolute Gasteiger partial charge is 0.472 e. The van der Waals surface area contributed by atoms with Gasteiger partial charge in [0, 0.05) is 25.7 Å². The first kappa shape index (κ1) is 91.0. The molecule has 550 valence electrons. The molecular weight excluding hydrogens is 1230 g/mol. The molecule has 0 aromatic heterocycles. The van der Waals surface area contributed by atoms with Crippen LogP contribution in [0.4, 0.5) is 0 Å². The zero-order valence-electron chi connectivity index (χ0n) is 59.9. The maximum Gasteiger partial charge on any atom is 0.472 e. The molecule has 0 heterocycles. The summed E-state index contributed by atoms with van der Waals surface area (Å²) in [4.78, 5) is 72.6. The molecule has 5 atom stereocenters. The van der Waals surface area contributed by atoms with Gasteiger partial charge in [0.05, 0.1) is 26.4 Å². The lowest BCUT2D eigenvalue weighted by molar-refractivity contribution is -0.161. The minimum Gasteiger partial charge on any atom is -0.462 e. The maximum atomic E-state index is 13.1. The number of carbonyl (C=O) groups is 4. The van der Waals surface area contributed by atoms with Gasteiger partial charge in [-0.1, -0.05) is 295 Å². The van der Waals surface area contributed by atoms with E-state index in [1.165, 1.54) is 135 Å². The smallest absolute Gasteiger partial charge is 0.462 e. The van der Waals surface area contributed by atoms with Gasteiger partial charge in [0.15, 0.2) is 12.2 Å². The predicted octanol–water partition coefficient (Wildman–Crippen LogP) is 21.3. The van der Waals surface area contributed by atoms with Crippen molar-refractivity contribution in [1.29, 1.82) is 0 Å². The number of hydrogen-bond donors (Lipinski definition) is 3. The van der Waals surface area contributed by atoms with Crippen LogP contribution >= 0.6 is 15.6 Å². The van der Waals surface area contributed by atoms with Crippen molar-refractivity contribution in [2.24, 2.45) is 0 Å². The number of phosphoric acid groups is 2. The Morgan fingerprint density at radius 1 is 0.298 bits per heavy atom. The maximum absolute atomic E-state index is 13.1. The molecular formula is C75H138O17P2. The summed E-state index contributed by atoms with van der Waals surface area (Å²) < 4.78 is 68.3. The number of ether oxygens (including phenoxy) is 4. The zero-order chi connectivity index (χ0) is 69.0. The molecule has 94 heavy (non-hydrogen) atoms. The normalized spacial score (nSPS) is 14.2. The number of rotatable bonds is 72. The summed E-state index contributed by atoms with van der Waals surface area (Å²) in [6.45, 7) is 4.81. The Balaban J connectivity index is 5.26. The molecule has 3 N–H and O–H groups in total. The lowest BCUT2D eigenvalue weighted by Crippen LogP contribution is -2.30. The molecule has 0 aromatic rings. The van der Waals surface area contributed by atoms with Crippen molar-refractivity contribution in [2.45, 2.75) is 367 Å². The van der Waals surface area contributed by atoms with Crippen molar-refractivity contribution in [3.05, 3.63) is 48.6 Å². The van der Waals surface area contributed by atoms with Crippen LogP contribution < -0.4 is 0 Å². The highest BCUT2D eigenvalue weighted by molar-refractivity contribution is 7.47. The predicted molar refractivity (Wildman–Crippen MR) is 381 cm³/mol. The Morgan fingerprint density at radius 2 is 0.511 bits per heavy atom. The lowest BCUT2D eigenvalue weighted by atomic mass is 10.0. The fourth-order valence-corrected chi connectivity index (χ4v) is 12.1. The number of carbonyl (C=O) groups excluding carboxylic acids is 4. The van der Waals surface area contributed by atoms with Crippen LogP contribution in [0.5, 0.6) is 0 Å². The average Bonchev–Trinajstić information content (AvgIpc) is 1.81. The third kappa shape index (κ3) is 67.6. The third-order valence-corrected chi connectivity index (χ3v) is 18.3. The van der Waals surface area contributed by atoms with Crippen LogP contribution in [0.15, 0.2) is 48.6 Å². The quantitative estimate of drug-likeness (QED) is 0.0169. The highest BCUT2D eigenvalue weighted by atomic mass is 31.2. The Hall–Kier alpha value is -2.98. The molecule has 0 saturated heterocycles. The average molecular weight is 1370 g/mol. The summed E-state index contributed by atoms with van der Waals surface area (Å²) in [5.74, 6) is -2.18.